The van der Waals surface area contributed by atoms with Crippen LogP contribution in [0.15, 0.2) is 10.8 Å². The summed E-state index contributed by atoms with van der Waals surface area (Å²) < 4.78 is 0. The molecule has 2 saturated carbocycles. The van der Waals surface area contributed by atoms with E-state index in [4.69, 9.17) is 0 Å². The summed E-state index contributed by atoms with van der Waals surface area (Å²) in [4.78, 5) is 0. The minimum absolute atomic E-state index is 0.774. The fourth-order valence-corrected chi connectivity index (χ4v) is 4.74. The highest BCUT2D eigenvalue weighted by molar-refractivity contribution is 7.08. The molecule has 0 bridgehead atoms. The van der Waals surface area contributed by atoms with Crippen LogP contribution >= 0.6 is 11.3 Å². The third-order valence-corrected chi connectivity index (χ3v) is 6.16. The van der Waals surface area contributed by atoms with Gasteiger partial charge in [-0.1, -0.05) is 12.8 Å². The van der Waals surface area contributed by atoms with Crippen molar-refractivity contribution in [2.75, 3.05) is 0 Å². The van der Waals surface area contributed by atoms with Crippen LogP contribution in [0.4, 0.5) is 0 Å². The zero-order chi connectivity index (χ0) is 12.4. The van der Waals surface area contributed by atoms with Gasteiger partial charge in [0, 0.05) is 12.6 Å². The Morgan fingerprint density at radius 1 is 1.17 bits per heavy atom. The molecule has 2 fully saturated rings. The van der Waals surface area contributed by atoms with Gasteiger partial charge in [-0.2, -0.15) is 11.3 Å². The standard InChI is InChI=1S/C16H25NS/c1-13-11-18-12-14(13)10-17-15-4-8-16(9-5-15)6-2-3-7-16/h11-12,15,17H,2-10H2,1H3. The zero-order valence-electron chi connectivity index (χ0n) is 11.5. The van der Waals surface area contributed by atoms with Crippen LogP contribution in [0.1, 0.15) is 62.5 Å². The average molecular weight is 263 g/mol. The highest BCUT2D eigenvalue weighted by Gasteiger charge is 2.37. The van der Waals surface area contributed by atoms with Crippen molar-refractivity contribution in [1.82, 2.24) is 5.32 Å². The molecule has 100 valence electrons. The zero-order valence-corrected chi connectivity index (χ0v) is 12.3. The summed E-state index contributed by atoms with van der Waals surface area (Å²) in [5.74, 6) is 0. The van der Waals surface area contributed by atoms with Gasteiger partial charge in [-0.15, -0.1) is 0 Å². The summed E-state index contributed by atoms with van der Waals surface area (Å²) in [6.45, 7) is 3.30. The van der Waals surface area contributed by atoms with Gasteiger partial charge >= 0.3 is 0 Å². The first-order valence-electron chi connectivity index (χ1n) is 7.53. The number of hydrogen-bond donors (Lipinski definition) is 1. The van der Waals surface area contributed by atoms with E-state index in [9.17, 15) is 0 Å². The first kappa shape index (κ1) is 12.7. The number of nitrogens with one attached hydrogen (secondary N) is 1. The summed E-state index contributed by atoms with van der Waals surface area (Å²) in [5, 5.41) is 8.33. The predicted molar refractivity (Wildman–Crippen MR) is 79.1 cm³/mol. The second-order valence-corrected chi connectivity index (χ2v) is 7.19. The average Bonchev–Trinajstić information content (AvgIpc) is 2.99. The van der Waals surface area contributed by atoms with Gasteiger partial charge in [0.25, 0.3) is 0 Å². The van der Waals surface area contributed by atoms with E-state index in [-0.39, 0.29) is 0 Å². The van der Waals surface area contributed by atoms with Crippen molar-refractivity contribution in [2.45, 2.75) is 70.9 Å². The van der Waals surface area contributed by atoms with Gasteiger partial charge in [-0.25, -0.2) is 0 Å². The second-order valence-electron chi connectivity index (χ2n) is 6.44. The van der Waals surface area contributed by atoms with Gasteiger partial charge in [0.05, 0.1) is 0 Å². The van der Waals surface area contributed by atoms with Gasteiger partial charge in [-0.3, -0.25) is 0 Å². The van der Waals surface area contributed by atoms with E-state index in [1.54, 1.807) is 0 Å². The molecular weight excluding hydrogens is 238 g/mol. The molecule has 0 aromatic carbocycles. The Morgan fingerprint density at radius 3 is 2.50 bits per heavy atom. The molecule has 1 heterocycles. The largest absolute Gasteiger partial charge is 0.310 e. The molecule has 0 atom stereocenters. The molecular formula is C16H25NS. The van der Waals surface area contributed by atoms with Crippen LogP contribution in [0.25, 0.3) is 0 Å². The van der Waals surface area contributed by atoms with Crippen molar-refractivity contribution in [3.8, 4) is 0 Å². The molecule has 1 aromatic rings. The van der Waals surface area contributed by atoms with Crippen LogP contribution in [0.2, 0.25) is 0 Å². The molecule has 0 saturated heterocycles. The SMILES string of the molecule is Cc1cscc1CNC1CCC2(CCCC2)CC1. The van der Waals surface area contributed by atoms with E-state index < -0.39 is 0 Å². The number of aryl methyl sites for hydroxylation is 1. The highest BCUT2D eigenvalue weighted by atomic mass is 32.1. The Balaban J connectivity index is 1.47. The van der Waals surface area contributed by atoms with Gasteiger partial charge in [0.15, 0.2) is 0 Å². The van der Waals surface area contributed by atoms with Crippen LogP contribution in [0, 0.1) is 12.3 Å². The van der Waals surface area contributed by atoms with Crippen LogP contribution in [0.5, 0.6) is 0 Å². The summed E-state index contributed by atoms with van der Waals surface area (Å²) in [6, 6.07) is 0.774. The van der Waals surface area contributed by atoms with Crippen LogP contribution in [-0.2, 0) is 6.54 Å². The molecule has 2 heteroatoms. The molecule has 0 radical (unpaired) electrons. The Bertz CT molecular complexity index is 380. The predicted octanol–water partition coefficient (Wildman–Crippen LogP) is 4.65. The van der Waals surface area contributed by atoms with Gasteiger partial charge < -0.3 is 5.32 Å². The third-order valence-electron chi connectivity index (χ3n) is 5.25. The van der Waals surface area contributed by atoms with E-state index in [1.165, 1.54) is 62.5 Å². The molecule has 2 aliphatic carbocycles. The summed E-state index contributed by atoms with van der Waals surface area (Å²) in [7, 11) is 0. The maximum absolute atomic E-state index is 3.78. The lowest BCUT2D eigenvalue weighted by Crippen LogP contribution is -2.36. The first-order valence-corrected chi connectivity index (χ1v) is 8.47. The summed E-state index contributed by atoms with van der Waals surface area (Å²) >= 11 is 1.83. The lowest BCUT2D eigenvalue weighted by molar-refractivity contribution is 0.168. The smallest absolute Gasteiger partial charge is 0.0218 e. The fraction of sp³-hybridized carbons (Fsp3) is 0.750. The molecule has 3 rings (SSSR count). The van der Waals surface area contributed by atoms with Crippen LogP contribution in [0.3, 0.4) is 0 Å². The first-order chi connectivity index (χ1) is 8.77. The highest BCUT2D eigenvalue weighted by Crippen LogP contribution is 2.48. The lowest BCUT2D eigenvalue weighted by atomic mass is 9.71. The van der Waals surface area contributed by atoms with Crippen molar-refractivity contribution in [1.29, 1.82) is 0 Å². The van der Waals surface area contributed by atoms with E-state index in [1.807, 2.05) is 11.3 Å². The maximum Gasteiger partial charge on any atom is 0.0218 e. The minimum atomic E-state index is 0.774. The second kappa shape index (κ2) is 5.34. The van der Waals surface area contributed by atoms with Crippen molar-refractivity contribution in [3.05, 3.63) is 21.9 Å². The normalized spacial score (nSPS) is 23.8. The van der Waals surface area contributed by atoms with Crippen molar-refractivity contribution in [2.24, 2.45) is 5.41 Å². The Kier molecular flexibility index (Phi) is 3.76. The van der Waals surface area contributed by atoms with E-state index in [2.05, 4.69) is 23.0 Å². The number of hydrogen-bond acceptors (Lipinski definition) is 2. The molecule has 1 aromatic heterocycles. The Morgan fingerprint density at radius 2 is 1.89 bits per heavy atom. The topological polar surface area (TPSA) is 12.0 Å². The van der Waals surface area contributed by atoms with Crippen LogP contribution < -0.4 is 5.32 Å². The molecule has 2 aliphatic rings. The Hall–Kier alpha value is -0.340. The fourth-order valence-electron chi connectivity index (χ4n) is 3.88. The van der Waals surface area contributed by atoms with Gasteiger partial charge in [-0.05, 0) is 72.8 Å². The van der Waals surface area contributed by atoms with Crippen LogP contribution in [-0.4, -0.2) is 6.04 Å². The Labute approximate surface area is 115 Å². The van der Waals surface area contributed by atoms with E-state index >= 15 is 0 Å². The number of rotatable bonds is 3. The molecule has 0 unspecified atom stereocenters. The molecule has 0 aliphatic heterocycles. The van der Waals surface area contributed by atoms with Gasteiger partial charge in [0.2, 0.25) is 0 Å². The molecule has 1 N–H and O–H groups in total. The quantitative estimate of drug-likeness (QED) is 0.837. The van der Waals surface area contributed by atoms with Crippen molar-refractivity contribution < 1.29 is 0 Å². The molecule has 1 nitrogen and oxygen atoms in total. The lowest BCUT2D eigenvalue weighted by Gasteiger charge is -2.37. The molecule has 18 heavy (non-hydrogen) atoms. The van der Waals surface area contributed by atoms with Crippen molar-refractivity contribution >= 4 is 11.3 Å². The summed E-state index contributed by atoms with van der Waals surface area (Å²) in [5.41, 5.74) is 3.73. The molecule has 0 amide bonds. The number of thiophene rings is 1. The molecule has 1 spiro atoms. The van der Waals surface area contributed by atoms with Gasteiger partial charge in [0.1, 0.15) is 0 Å². The summed E-state index contributed by atoms with van der Waals surface area (Å²) in [6.07, 6.45) is 11.8. The van der Waals surface area contributed by atoms with E-state index in [0.717, 1.165) is 18.0 Å². The van der Waals surface area contributed by atoms with Crippen molar-refractivity contribution in [3.63, 3.8) is 0 Å². The third kappa shape index (κ3) is 2.65. The monoisotopic (exact) mass is 263 g/mol. The minimum Gasteiger partial charge on any atom is -0.310 e. The van der Waals surface area contributed by atoms with E-state index in [0.29, 0.717) is 0 Å². The maximum atomic E-state index is 3.78.